The van der Waals surface area contributed by atoms with Gasteiger partial charge in [0.25, 0.3) is 5.91 Å². The molecule has 1 heterocycles. The number of nitrogens with zero attached hydrogens (tertiary/aromatic N) is 1. The molecule has 0 saturated heterocycles. The molecule has 1 aliphatic carbocycles. The number of nitrogens with two attached hydrogens (primary N) is 1. The predicted octanol–water partition coefficient (Wildman–Crippen LogP) is 3.58. The van der Waals surface area contributed by atoms with Gasteiger partial charge in [0.2, 0.25) is 0 Å². The first-order valence-corrected chi connectivity index (χ1v) is 7.64. The number of nitrogen functional groups attached to an aromatic ring is 1. The lowest BCUT2D eigenvalue weighted by Crippen LogP contribution is -2.33. The lowest BCUT2D eigenvalue weighted by Gasteiger charge is -2.20. The Morgan fingerprint density at radius 1 is 1.55 bits per heavy atom. The van der Waals surface area contributed by atoms with Crippen molar-refractivity contribution in [2.24, 2.45) is 0 Å². The van der Waals surface area contributed by atoms with Crippen LogP contribution in [0.3, 0.4) is 0 Å². The van der Waals surface area contributed by atoms with Gasteiger partial charge in [-0.3, -0.25) is 4.79 Å². The van der Waals surface area contributed by atoms with Crippen molar-refractivity contribution in [2.45, 2.75) is 25.8 Å². The van der Waals surface area contributed by atoms with Gasteiger partial charge in [-0.15, -0.1) is 17.9 Å². The van der Waals surface area contributed by atoms with Crippen molar-refractivity contribution in [2.75, 3.05) is 12.3 Å². The molecule has 104 valence electrons. The first kappa shape index (κ1) is 13.2. The molecular weight excluding hydrogens is 268 g/mol. The zero-order valence-electron chi connectivity index (χ0n) is 11.6. The standard InChI is InChI=1S/C16H18N2OS/c1-3-8-18(11-5-6-11)16(19)15-14(17)12-9-10(2)4-7-13(12)20-15/h3-4,7,9,11H,1,5-6,8,17H2,2H3. The van der Waals surface area contributed by atoms with Crippen molar-refractivity contribution in [3.63, 3.8) is 0 Å². The molecule has 1 aromatic heterocycles. The van der Waals surface area contributed by atoms with E-state index in [1.54, 1.807) is 6.08 Å². The number of carbonyl (C=O) groups excluding carboxylic acids is 1. The smallest absolute Gasteiger partial charge is 0.266 e. The van der Waals surface area contributed by atoms with Crippen LogP contribution >= 0.6 is 11.3 Å². The van der Waals surface area contributed by atoms with Crippen molar-refractivity contribution in [1.29, 1.82) is 0 Å². The van der Waals surface area contributed by atoms with Crippen LogP contribution in [-0.2, 0) is 0 Å². The third-order valence-electron chi connectivity index (χ3n) is 3.65. The molecule has 4 heteroatoms. The number of amides is 1. The predicted molar refractivity (Wildman–Crippen MR) is 85.2 cm³/mol. The number of anilines is 1. The van der Waals surface area contributed by atoms with Crippen LogP contribution in [0.2, 0.25) is 0 Å². The minimum atomic E-state index is 0.0451. The summed E-state index contributed by atoms with van der Waals surface area (Å²) in [6.45, 7) is 6.37. The molecule has 0 atom stereocenters. The molecule has 1 aromatic carbocycles. The topological polar surface area (TPSA) is 46.3 Å². The van der Waals surface area contributed by atoms with Crippen LogP contribution < -0.4 is 5.73 Å². The van der Waals surface area contributed by atoms with Crippen molar-refractivity contribution in [3.8, 4) is 0 Å². The van der Waals surface area contributed by atoms with Crippen LogP contribution in [0.15, 0.2) is 30.9 Å². The maximum Gasteiger partial charge on any atom is 0.266 e. The summed E-state index contributed by atoms with van der Waals surface area (Å²) >= 11 is 1.49. The minimum Gasteiger partial charge on any atom is -0.397 e. The van der Waals surface area contributed by atoms with Gasteiger partial charge in [-0.25, -0.2) is 0 Å². The van der Waals surface area contributed by atoms with E-state index in [0.29, 0.717) is 23.2 Å². The van der Waals surface area contributed by atoms with Crippen molar-refractivity contribution in [3.05, 3.63) is 41.3 Å². The van der Waals surface area contributed by atoms with Crippen LogP contribution in [-0.4, -0.2) is 23.4 Å². The summed E-state index contributed by atoms with van der Waals surface area (Å²) in [7, 11) is 0. The zero-order chi connectivity index (χ0) is 14.3. The monoisotopic (exact) mass is 286 g/mol. The summed E-state index contributed by atoms with van der Waals surface area (Å²) in [6, 6.07) is 6.51. The summed E-state index contributed by atoms with van der Waals surface area (Å²) in [5.41, 5.74) is 7.98. The fourth-order valence-electron chi connectivity index (χ4n) is 2.44. The summed E-state index contributed by atoms with van der Waals surface area (Å²) in [4.78, 5) is 15.3. The average Bonchev–Trinajstić information content (AvgIpc) is 3.22. The molecule has 3 rings (SSSR count). The van der Waals surface area contributed by atoms with Gasteiger partial charge in [0.1, 0.15) is 4.88 Å². The van der Waals surface area contributed by atoms with Crippen LogP contribution in [0.25, 0.3) is 10.1 Å². The fraction of sp³-hybridized carbons (Fsp3) is 0.312. The minimum absolute atomic E-state index is 0.0451. The summed E-state index contributed by atoms with van der Waals surface area (Å²) in [5.74, 6) is 0.0451. The van der Waals surface area contributed by atoms with Crippen LogP contribution in [0, 0.1) is 6.92 Å². The molecule has 2 aromatic rings. The van der Waals surface area contributed by atoms with E-state index in [2.05, 4.69) is 12.6 Å². The molecule has 0 radical (unpaired) electrons. The summed E-state index contributed by atoms with van der Waals surface area (Å²) < 4.78 is 1.07. The Labute approximate surface area is 122 Å². The first-order valence-electron chi connectivity index (χ1n) is 6.82. The first-order chi connectivity index (χ1) is 9.61. The second-order valence-electron chi connectivity index (χ2n) is 5.32. The number of hydrogen-bond acceptors (Lipinski definition) is 3. The normalized spacial score (nSPS) is 14.4. The molecule has 2 N–H and O–H groups in total. The molecule has 0 spiro atoms. The van der Waals surface area contributed by atoms with Gasteiger partial charge in [-0.05, 0) is 31.9 Å². The largest absolute Gasteiger partial charge is 0.397 e. The van der Waals surface area contributed by atoms with E-state index >= 15 is 0 Å². The van der Waals surface area contributed by atoms with Crippen LogP contribution in [0.1, 0.15) is 28.1 Å². The molecule has 0 unspecified atom stereocenters. The van der Waals surface area contributed by atoms with Crippen molar-refractivity contribution < 1.29 is 4.79 Å². The highest BCUT2D eigenvalue weighted by Crippen LogP contribution is 2.37. The highest BCUT2D eigenvalue weighted by Gasteiger charge is 2.33. The van der Waals surface area contributed by atoms with Gasteiger partial charge in [0, 0.05) is 22.7 Å². The van der Waals surface area contributed by atoms with E-state index in [0.717, 1.165) is 28.5 Å². The lowest BCUT2D eigenvalue weighted by molar-refractivity contribution is 0.0768. The number of hydrogen-bond donors (Lipinski definition) is 1. The molecule has 0 aliphatic heterocycles. The Kier molecular flexibility index (Phi) is 3.26. The average molecular weight is 286 g/mol. The van der Waals surface area contributed by atoms with Crippen molar-refractivity contribution >= 4 is 33.0 Å². The third kappa shape index (κ3) is 2.20. The molecule has 20 heavy (non-hydrogen) atoms. The number of thiophene rings is 1. The van der Waals surface area contributed by atoms with E-state index in [1.165, 1.54) is 11.3 Å². The van der Waals surface area contributed by atoms with Crippen LogP contribution in [0.4, 0.5) is 5.69 Å². The SMILES string of the molecule is C=CCN(C(=O)c1sc2ccc(C)cc2c1N)C1CC1. The highest BCUT2D eigenvalue weighted by atomic mass is 32.1. The van der Waals surface area contributed by atoms with Gasteiger partial charge in [-0.1, -0.05) is 17.7 Å². The molecule has 1 fully saturated rings. The van der Waals surface area contributed by atoms with E-state index in [9.17, 15) is 4.79 Å². The number of benzene rings is 1. The van der Waals surface area contributed by atoms with Gasteiger partial charge in [-0.2, -0.15) is 0 Å². The van der Waals surface area contributed by atoms with E-state index < -0.39 is 0 Å². The summed E-state index contributed by atoms with van der Waals surface area (Å²) in [5, 5.41) is 0.993. The zero-order valence-corrected chi connectivity index (χ0v) is 12.4. The number of fused-ring (bicyclic) bond motifs is 1. The Hall–Kier alpha value is -1.81. The van der Waals surface area contributed by atoms with Gasteiger partial charge in [0.15, 0.2) is 0 Å². The van der Waals surface area contributed by atoms with E-state index in [1.807, 2.05) is 24.0 Å². The molecule has 3 nitrogen and oxygen atoms in total. The lowest BCUT2D eigenvalue weighted by atomic mass is 10.1. The Balaban J connectivity index is 2.02. The molecule has 1 amide bonds. The molecular formula is C16H18N2OS. The number of aryl methyl sites for hydroxylation is 1. The third-order valence-corrected chi connectivity index (χ3v) is 4.82. The highest BCUT2D eigenvalue weighted by molar-refractivity contribution is 7.21. The maximum absolute atomic E-state index is 12.7. The van der Waals surface area contributed by atoms with E-state index in [4.69, 9.17) is 5.73 Å². The van der Waals surface area contributed by atoms with Crippen molar-refractivity contribution in [1.82, 2.24) is 4.90 Å². The van der Waals surface area contributed by atoms with Crippen LogP contribution in [0.5, 0.6) is 0 Å². The maximum atomic E-state index is 12.7. The Bertz CT molecular complexity index is 685. The van der Waals surface area contributed by atoms with Gasteiger partial charge < -0.3 is 10.6 Å². The number of carbonyl (C=O) groups is 1. The summed E-state index contributed by atoms with van der Waals surface area (Å²) in [6.07, 6.45) is 3.96. The second kappa shape index (κ2) is 4.94. The second-order valence-corrected chi connectivity index (χ2v) is 6.37. The molecule has 1 aliphatic rings. The molecule has 0 bridgehead atoms. The Morgan fingerprint density at radius 2 is 2.30 bits per heavy atom. The van der Waals surface area contributed by atoms with Gasteiger partial charge in [0.05, 0.1) is 5.69 Å². The number of rotatable bonds is 4. The molecule has 1 saturated carbocycles. The van der Waals surface area contributed by atoms with E-state index in [-0.39, 0.29) is 5.91 Å². The quantitative estimate of drug-likeness (QED) is 0.873. The Morgan fingerprint density at radius 3 is 2.95 bits per heavy atom. The fourth-order valence-corrected chi connectivity index (χ4v) is 3.50. The van der Waals surface area contributed by atoms with Gasteiger partial charge >= 0.3 is 0 Å².